The Labute approximate surface area is 109 Å². The first-order chi connectivity index (χ1) is 8.34. The Kier molecular flexibility index (Phi) is 5.31. The molecule has 102 valence electrons. The van der Waals surface area contributed by atoms with E-state index in [9.17, 15) is 8.42 Å². The van der Waals surface area contributed by atoms with Crippen molar-refractivity contribution in [3.8, 4) is 0 Å². The molecule has 18 heavy (non-hydrogen) atoms. The van der Waals surface area contributed by atoms with E-state index in [0.29, 0.717) is 11.5 Å². The Morgan fingerprint density at radius 2 is 1.78 bits per heavy atom. The van der Waals surface area contributed by atoms with Crippen LogP contribution in [0.1, 0.15) is 25.5 Å². The monoisotopic (exact) mass is 271 g/mol. The molecule has 1 rings (SSSR count). The summed E-state index contributed by atoms with van der Waals surface area (Å²) in [5, 5.41) is 3.38. The van der Waals surface area contributed by atoms with E-state index in [1.807, 2.05) is 26.0 Å². The van der Waals surface area contributed by atoms with Crippen LogP contribution in [0, 0.1) is 0 Å². The minimum absolute atomic E-state index is 0.156. The molecule has 1 N–H and O–H groups in total. The van der Waals surface area contributed by atoms with Crippen molar-refractivity contribution in [2.24, 2.45) is 0 Å². The molecule has 0 aliphatic rings. The summed E-state index contributed by atoms with van der Waals surface area (Å²) >= 11 is 0. The summed E-state index contributed by atoms with van der Waals surface area (Å²) in [5.41, 5.74) is 1.06. The molecule has 0 aliphatic carbocycles. The summed E-state index contributed by atoms with van der Waals surface area (Å²) in [5.74, 6) is 0. The van der Waals surface area contributed by atoms with Gasteiger partial charge in [-0.25, -0.2) is 8.42 Å². The topological polar surface area (TPSA) is 55.4 Å². The number of nitrogens with one attached hydrogen (secondary N) is 1. The van der Waals surface area contributed by atoms with Crippen molar-refractivity contribution in [3.05, 3.63) is 29.8 Å². The van der Waals surface area contributed by atoms with Crippen LogP contribution in [0.5, 0.6) is 0 Å². The minimum atomic E-state index is -3.12. The van der Waals surface area contributed by atoms with E-state index < -0.39 is 9.84 Å². The van der Waals surface area contributed by atoms with E-state index in [1.165, 1.54) is 6.26 Å². The highest BCUT2D eigenvalue weighted by molar-refractivity contribution is 7.90. The molecular weight excluding hydrogens is 250 g/mol. The predicted molar refractivity (Wildman–Crippen MR) is 72.4 cm³/mol. The molecule has 0 amide bonds. The van der Waals surface area contributed by atoms with E-state index in [4.69, 9.17) is 4.74 Å². The van der Waals surface area contributed by atoms with Crippen LogP contribution >= 0.6 is 0 Å². The minimum Gasteiger partial charge on any atom is -0.383 e. The maximum Gasteiger partial charge on any atom is 0.175 e. The first-order valence-corrected chi connectivity index (χ1v) is 7.78. The SMILES string of the molecule is COCC(C)NC(C)c1ccc(S(C)(=O)=O)cc1. The zero-order chi connectivity index (χ0) is 13.8. The third-order valence-electron chi connectivity index (χ3n) is 2.76. The number of ether oxygens (including phenoxy) is 1. The summed E-state index contributed by atoms with van der Waals surface area (Å²) in [4.78, 5) is 0.350. The maximum atomic E-state index is 11.3. The van der Waals surface area contributed by atoms with Gasteiger partial charge in [0.1, 0.15) is 0 Å². The third kappa shape index (κ3) is 4.40. The van der Waals surface area contributed by atoms with Gasteiger partial charge in [0.15, 0.2) is 9.84 Å². The smallest absolute Gasteiger partial charge is 0.175 e. The highest BCUT2D eigenvalue weighted by Gasteiger charge is 2.11. The Balaban J connectivity index is 2.73. The van der Waals surface area contributed by atoms with Gasteiger partial charge in [-0.05, 0) is 31.5 Å². The van der Waals surface area contributed by atoms with Gasteiger partial charge in [-0.2, -0.15) is 0 Å². The van der Waals surface area contributed by atoms with E-state index in [1.54, 1.807) is 19.2 Å². The van der Waals surface area contributed by atoms with Crippen LogP contribution in [0.25, 0.3) is 0 Å². The second-order valence-corrected chi connectivity index (χ2v) is 6.60. The van der Waals surface area contributed by atoms with Crippen LogP contribution in [0.3, 0.4) is 0 Å². The van der Waals surface area contributed by atoms with E-state index >= 15 is 0 Å². The molecule has 5 heteroatoms. The Bertz CT molecular complexity index is 468. The van der Waals surface area contributed by atoms with Gasteiger partial charge in [0.25, 0.3) is 0 Å². The second kappa shape index (κ2) is 6.31. The van der Waals surface area contributed by atoms with Crippen LogP contribution in [-0.2, 0) is 14.6 Å². The zero-order valence-electron chi connectivity index (χ0n) is 11.3. The molecule has 0 saturated carbocycles. The Hall–Kier alpha value is -0.910. The van der Waals surface area contributed by atoms with Crippen LogP contribution in [0.2, 0.25) is 0 Å². The number of benzene rings is 1. The first-order valence-electron chi connectivity index (χ1n) is 5.89. The molecule has 0 aromatic heterocycles. The van der Waals surface area contributed by atoms with Crippen LogP contribution in [0.4, 0.5) is 0 Å². The lowest BCUT2D eigenvalue weighted by molar-refractivity contribution is 0.167. The molecule has 4 nitrogen and oxygen atoms in total. The van der Waals surface area contributed by atoms with Crippen molar-refractivity contribution in [2.45, 2.75) is 30.8 Å². The molecule has 0 heterocycles. The largest absolute Gasteiger partial charge is 0.383 e. The van der Waals surface area contributed by atoms with E-state index in [-0.39, 0.29) is 12.1 Å². The van der Waals surface area contributed by atoms with Gasteiger partial charge in [-0.3, -0.25) is 0 Å². The fourth-order valence-corrected chi connectivity index (χ4v) is 2.46. The number of sulfone groups is 1. The fourth-order valence-electron chi connectivity index (χ4n) is 1.82. The molecule has 0 fully saturated rings. The third-order valence-corrected chi connectivity index (χ3v) is 3.89. The van der Waals surface area contributed by atoms with Gasteiger partial charge in [0.2, 0.25) is 0 Å². The molecule has 0 aliphatic heterocycles. The predicted octanol–water partition coefficient (Wildman–Crippen LogP) is 1.78. The van der Waals surface area contributed by atoms with Gasteiger partial charge in [0.05, 0.1) is 11.5 Å². The second-order valence-electron chi connectivity index (χ2n) is 4.59. The average molecular weight is 271 g/mol. The van der Waals surface area contributed by atoms with Crippen molar-refractivity contribution in [1.29, 1.82) is 0 Å². The lowest BCUT2D eigenvalue weighted by Crippen LogP contribution is -2.32. The number of rotatable bonds is 6. The van der Waals surface area contributed by atoms with Gasteiger partial charge >= 0.3 is 0 Å². The van der Waals surface area contributed by atoms with Crippen molar-refractivity contribution >= 4 is 9.84 Å². The number of hydrogen-bond donors (Lipinski definition) is 1. The Morgan fingerprint density at radius 1 is 1.22 bits per heavy atom. The van der Waals surface area contributed by atoms with Crippen molar-refractivity contribution in [3.63, 3.8) is 0 Å². The average Bonchev–Trinajstić information content (AvgIpc) is 2.28. The molecule has 2 atom stereocenters. The van der Waals surface area contributed by atoms with Crippen LogP contribution in [-0.4, -0.2) is 34.4 Å². The number of methoxy groups -OCH3 is 1. The molecule has 1 aromatic carbocycles. The van der Waals surface area contributed by atoms with Crippen molar-refractivity contribution < 1.29 is 13.2 Å². The molecule has 0 bridgehead atoms. The van der Waals surface area contributed by atoms with E-state index in [0.717, 1.165) is 5.56 Å². The highest BCUT2D eigenvalue weighted by atomic mass is 32.2. The summed E-state index contributed by atoms with van der Waals surface area (Å²) in [6, 6.07) is 7.37. The quantitative estimate of drug-likeness (QED) is 0.857. The first kappa shape index (κ1) is 15.1. The lowest BCUT2D eigenvalue weighted by Gasteiger charge is -2.19. The molecule has 1 aromatic rings. The normalized spacial score (nSPS) is 15.3. The van der Waals surface area contributed by atoms with Crippen LogP contribution in [0.15, 0.2) is 29.2 Å². The molecule has 2 unspecified atom stereocenters. The Morgan fingerprint density at radius 3 is 2.22 bits per heavy atom. The highest BCUT2D eigenvalue weighted by Crippen LogP contribution is 2.16. The van der Waals surface area contributed by atoms with Crippen LogP contribution < -0.4 is 5.32 Å². The summed E-state index contributed by atoms with van der Waals surface area (Å²) in [6.07, 6.45) is 1.21. The van der Waals surface area contributed by atoms with Gasteiger partial charge in [0, 0.05) is 25.4 Å². The number of hydrogen-bond acceptors (Lipinski definition) is 4. The summed E-state index contributed by atoms with van der Waals surface area (Å²) in [7, 11) is -1.45. The van der Waals surface area contributed by atoms with E-state index in [2.05, 4.69) is 5.32 Å². The summed E-state index contributed by atoms with van der Waals surface area (Å²) < 4.78 is 27.8. The van der Waals surface area contributed by atoms with Gasteiger partial charge in [-0.15, -0.1) is 0 Å². The summed E-state index contributed by atoms with van der Waals surface area (Å²) in [6.45, 7) is 4.73. The maximum absolute atomic E-state index is 11.3. The van der Waals surface area contributed by atoms with Gasteiger partial charge < -0.3 is 10.1 Å². The fraction of sp³-hybridized carbons (Fsp3) is 0.538. The molecular formula is C13H21NO3S. The van der Waals surface area contributed by atoms with Crippen molar-refractivity contribution in [2.75, 3.05) is 20.0 Å². The lowest BCUT2D eigenvalue weighted by atomic mass is 10.1. The zero-order valence-corrected chi connectivity index (χ0v) is 12.1. The molecule has 0 saturated heterocycles. The molecule has 0 spiro atoms. The molecule has 0 radical (unpaired) electrons. The van der Waals surface area contributed by atoms with Crippen molar-refractivity contribution in [1.82, 2.24) is 5.32 Å². The van der Waals surface area contributed by atoms with Gasteiger partial charge in [-0.1, -0.05) is 12.1 Å². The standard InChI is InChI=1S/C13H21NO3S/c1-10(9-17-3)14-11(2)12-5-7-13(8-6-12)18(4,15)16/h5-8,10-11,14H,9H2,1-4H3.